The number of rotatable bonds is 2. The molecular weight excluding hydrogens is 474 g/mol. The van der Waals surface area contributed by atoms with E-state index >= 15 is 0 Å². The molecule has 3 saturated heterocycles. The number of amides is 2. The first-order chi connectivity index (χ1) is 13.1. The van der Waals surface area contributed by atoms with Crippen LogP contribution >= 0.6 is 31.9 Å². The summed E-state index contributed by atoms with van der Waals surface area (Å²) in [4.78, 5) is 28.0. The van der Waals surface area contributed by atoms with Crippen LogP contribution in [0.15, 0.2) is 57.5 Å². The van der Waals surface area contributed by atoms with Crippen molar-refractivity contribution in [2.45, 2.75) is 18.5 Å². The van der Waals surface area contributed by atoms with Gasteiger partial charge < -0.3 is 0 Å². The molecule has 3 aliphatic rings. The lowest BCUT2D eigenvalue weighted by Gasteiger charge is -2.29. The molecule has 0 bridgehead atoms. The minimum Gasteiger partial charge on any atom is -0.274 e. The summed E-state index contributed by atoms with van der Waals surface area (Å²) in [6, 6.07) is 14.9. The molecule has 138 valence electrons. The van der Waals surface area contributed by atoms with E-state index in [1.54, 1.807) is 0 Å². The molecular formula is C20H17Br2N3O2. The number of carbonyl (C=O) groups is 2. The zero-order valence-corrected chi connectivity index (χ0v) is 17.6. The van der Waals surface area contributed by atoms with Crippen LogP contribution in [-0.2, 0) is 9.59 Å². The summed E-state index contributed by atoms with van der Waals surface area (Å²) < 4.78 is 1.92. The number of anilines is 1. The first-order valence-corrected chi connectivity index (χ1v) is 10.6. The van der Waals surface area contributed by atoms with E-state index in [1.807, 2.05) is 48.5 Å². The highest BCUT2D eigenvalue weighted by Crippen LogP contribution is 2.49. The Morgan fingerprint density at radius 3 is 1.93 bits per heavy atom. The monoisotopic (exact) mass is 489 g/mol. The molecule has 7 heteroatoms. The predicted octanol–water partition coefficient (Wildman–Crippen LogP) is 3.75. The second kappa shape index (κ2) is 6.51. The van der Waals surface area contributed by atoms with E-state index < -0.39 is 6.04 Å². The van der Waals surface area contributed by atoms with Gasteiger partial charge in [0.05, 0.1) is 17.6 Å². The summed E-state index contributed by atoms with van der Waals surface area (Å²) in [7, 11) is 0. The third-order valence-electron chi connectivity index (χ3n) is 5.70. The van der Waals surface area contributed by atoms with Crippen molar-refractivity contribution in [1.82, 2.24) is 10.0 Å². The maximum absolute atomic E-state index is 13.4. The van der Waals surface area contributed by atoms with Crippen LogP contribution in [0.2, 0.25) is 0 Å². The quantitative estimate of drug-likeness (QED) is 0.601. The number of nitrogens with zero attached hydrogens (tertiary/aromatic N) is 3. The molecule has 2 aromatic rings. The third-order valence-corrected chi connectivity index (χ3v) is 6.76. The number of hydrogen-bond acceptors (Lipinski definition) is 4. The molecule has 0 aliphatic carbocycles. The van der Waals surface area contributed by atoms with Crippen molar-refractivity contribution in [3.05, 3.63) is 63.0 Å². The Hall–Kier alpha value is -1.54. The number of benzene rings is 2. The Morgan fingerprint density at radius 2 is 1.30 bits per heavy atom. The Labute approximate surface area is 174 Å². The number of hydrogen-bond donors (Lipinski definition) is 0. The molecule has 0 aromatic heterocycles. The lowest BCUT2D eigenvalue weighted by molar-refractivity contribution is -0.126. The molecule has 3 fully saturated rings. The molecule has 0 saturated carbocycles. The van der Waals surface area contributed by atoms with E-state index in [0.717, 1.165) is 34.0 Å². The van der Waals surface area contributed by atoms with Crippen molar-refractivity contribution in [3.63, 3.8) is 0 Å². The summed E-state index contributed by atoms with van der Waals surface area (Å²) in [6.07, 6.45) is 1.01. The van der Waals surface area contributed by atoms with Crippen LogP contribution in [0.25, 0.3) is 0 Å². The van der Waals surface area contributed by atoms with Crippen LogP contribution in [0, 0.1) is 5.92 Å². The Morgan fingerprint density at radius 1 is 0.741 bits per heavy atom. The SMILES string of the molecule is O=C1[C@H]2[C@@H](c3ccc(Br)cc3)N3CCCN3[C@H]2C(=O)N1c1ccc(Br)cc1. The molecule has 3 atom stereocenters. The van der Waals surface area contributed by atoms with Gasteiger partial charge in [0.15, 0.2) is 0 Å². The van der Waals surface area contributed by atoms with E-state index in [1.165, 1.54) is 4.90 Å². The fourth-order valence-corrected chi connectivity index (χ4v) is 5.15. The first kappa shape index (κ1) is 17.6. The Kier molecular flexibility index (Phi) is 4.23. The summed E-state index contributed by atoms with van der Waals surface area (Å²) in [5, 5.41) is 4.35. The second-order valence-corrected chi connectivity index (χ2v) is 8.97. The summed E-state index contributed by atoms with van der Waals surface area (Å²) in [5.74, 6) is -0.587. The second-order valence-electron chi connectivity index (χ2n) is 7.14. The normalized spacial score (nSPS) is 28.1. The van der Waals surface area contributed by atoms with Gasteiger partial charge in [-0.25, -0.2) is 14.9 Å². The van der Waals surface area contributed by atoms with Gasteiger partial charge in [0.25, 0.3) is 5.91 Å². The molecule has 2 amide bonds. The van der Waals surface area contributed by atoms with Crippen LogP contribution < -0.4 is 4.90 Å². The molecule has 0 radical (unpaired) electrons. The van der Waals surface area contributed by atoms with E-state index in [9.17, 15) is 9.59 Å². The van der Waals surface area contributed by atoms with Gasteiger partial charge in [-0.2, -0.15) is 0 Å². The zero-order valence-electron chi connectivity index (χ0n) is 14.4. The third kappa shape index (κ3) is 2.63. The molecule has 2 aromatic carbocycles. The van der Waals surface area contributed by atoms with E-state index in [2.05, 4.69) is 41.9 Å². The van der Waals surface area contributed by atoms with Gasteiger partial charge in [0.1, 0.15) is 6.04 Å². The fraction of sp³-hybridized carbons (Fsp3) is 0.300. The Balaban J connectivity index is 1.57. The van der Waals surface area contributed by atoms with Crippen LogP contribution in [0.3, 0.4) is 0 Å². The first-order valence-electron chi connectivity index (χ1n) is 8.98. The number of hydrazine groups is 1. The largest absolute Gasteiger partial charge is 0.274 e. The highest BCUT2D eigenvalue weighted by Gasteiger charge is 2.62. The number of imide groups is 1. The van der Waals surface area contributed by atoms with Crippen molar-refractivity contribution in [1.29, 1.82) is 0 Å². The van der Waals surface area contributed by atoms with Crippen molar-refractivity contribution in [2.24, 2.45) is 5.92 Å². The van der Waals surface area contributed by atoms with Crippen molar-refractivity contribution in [3.8, 4) is 0 Å². The van der Waals surface area contributed by atoms with Gasteiger partial charge in [-0.15, -0.1) is 0 Å². The molecule has 0 N–H and O–H groups in total. The van der Waals surface area contributed by atoms with Gasteiger partial charge in [0.2, 0.25) is 5.91 Å². The van der Waals surface area contributed by atoms with E-state index in [0.29, 0.717) is 5.69 Å². The number of halogens is 2. The highest BCUT2D eigenvalue weighted by molar-refractivity contribution is 9.10. The standard InChI is InChI=1S/C20H17Br2N3O2/c21-13-4-2-12(3-5-13)17-16-18(24-11-1-10-23(17)24)20(27)25(19(16)26)15-8-6-14(22)7-9-15/h2-9,16-18H,1,10-11H2/t16-,17+,18+/m0/s1. The molecule has 3 heterocycles. The van der Waals surface area contributed by atoms with E-state index in [4.69, 9.17) is 0 Å². The fourth-order valence-electron chi connectivity index (χ4n) is 4.62. The van der Waals surface area contributed by atoms with Crippen LogP contribution in [0.5, 0.6) is 0 Å². The maximum Gasteiger partial charge on any atom is 0.253 e. The molecule has 3 aliphatic heterocycles. The van der Waals surface area contributed by atoms with Gasteiger partial charge >= 0.3 is 0 Å². The maximum atomic E-state index is 13.4. The molecule has 5 nitrogen and oxygen atoms in total. The average Bonchev–Trinajstić information content (AvgIpc) is 3.30. The van der Waals surface area contributed by atoms with Gasteiger partial charge in [0, 0.05) is 22.0 Å². The highest BCUT2D eigenvalue weighted by atomic mass is 79.9. The van der Waals surface area contributed by atoms with Gasteiger partial charge in [-0.05, 0) is 48.4 Å². The minimum absolute atomic E-state index is 0.0949. The average molecular weight is 491 g/mol. The molecule has 5 rings (SSSR count). The number of carbonyl (C=O) groups excluding carboxylic acids is 2. The molecule has 0 spiro atoms. The van der Waals surface area contributed by atoms with E-state index in [-0.39, 0.29) is 23.8 Å². The lowest BCUT2D eigenvalue weighted by atomic mass is 9.90. The van der Waals surface area contributed by atoms with Gasteiger partial charge in [-0.1, -0.05) is 44.0 Å². The topological polar surface area (TPSA) is 43.9 Å². The summed E-state index contributed by atoms with van der Waals surface area (Å²) in [5.41, 5.74) is 1.72. The smallest absolute Gasteiger partial charge is 0.253 e. The van der Waals surface area contributed by atoms with Crippen LogP contribution in [-0.4, -0.2) is 41.0 Å². The summed E-state index contributed by atoms with van der Waals surface area (Å²) in [6.45, 7) is 1.70. The minimum atomic E-state index is -0.405. The van der Waals surface area contributed by atoms with Gasteiger partial charge in [-0.3, -0.25) is 9.59 Å². The molecule has 0 unspecified atom stereocenters. The van der Waals surface area contributed by atoms with Crippen LogP contribution in [0.1, 0.15) is 18.0 Å². The predicted molar refractivity (Wildman–Crippen MR) is 109 cm³/mol. The van der Waals surface area contributed by atoms with Crippen molar-refractivity contribution >= 4 is 49.4 Å². The van der Waals surface area contributed by atoms with Crippen molar-refractivity contribution < 1.29 is 9.59 Å². The van der Waals surface area contributed by atoms with Crippen LogP contribution in [0.4, 0.5) is 5.69 Å². The Bertz CT molecular complexity index is 916. The van der Waals surface area contributed by atoms with Crippen molar-refractivity contribution in [2.75, 3.05) is 18.0 Å². The lowest BCUT2D eigenvalue weighted by Crippen LogP contribution is -2.44. The zero-order chi connectivity index (χ0) is 18.7. The number of fused-ring (bicyclic) bond motifs is 3. The molecule has 27 heavy (non-hydrogen) atoms. The summed E-state index contributed by atoms with van der Waals surface area (Å²) >= 11 is 6.89.